The average molecular weight is 525 g/mol. The van der Waals surface area contributed by atoms with Crippen molar-refractivity contribution in [2.24, 2.45) is 17.8 Å². The molecule has 0 unspecified atom stereocenters. The lowest BCUT2D eigenvalue weighted by Crippen LogP contribution is -2.62. The van der Waals surface area contributed by atoms with E-state index in [9.17, 15) is 14.4 Å². The number of methoxy groups -OCH3 is 1. The highest BCUT2D eigenvalue weighted by Gasteiger charge is 2.50. The van der Waals surface area contributed by atoms with E-state index in [1.165, 1.54) is 24.9 Å². The van der Waals surface area contributed by atoms with Crippen molar-refractivity contribution < 1.29 is 28.6 Å². The van der Waals surface area contributed by atoms with Gasteiger partial charge in [-0.25, -0.2) is 9.78 Å². The number of hydrogen-bond acceptors (Lipinski definition) is 8. The Labute approximate surface area is 218 Å². The number of amides is 2. The summed E-state index contributed by atoms with van der Waals surface area (Å²) in [6.07, 6.45) is 5.80. The van der Waals surface area contributed by atoms with E-state index in [1.807, 2.05) is 13.8 Å². The molecule has 1 aromatic rings. The van der Waals surface area contributed by atoms with E-state index >= 15 is 0 Å². The van der Waals surface area contributed by atoms with Crippen molar-refractivity contribution in [2.75, 3.05) is 7.11 Å². The molecule has 202 valence electrons. The smallest absolute Gasteiger partial charge is 0.407 e. The first kappa shape index (κ1) is 29.5. The van der Waals surface area contributed by atoms with Crippen LogP contribution >= 0.6 is 12.2 Å². The number of aromatic nitrogens is 2. The molecule has 1 heterocycles. The maximum Gasteiger partial charge on any atom is 0.407 e. The van der Waals surface area contributed by atoms with Crippen LogP contribution in [0.4, 0.5) is 4.79 Å². The van der Waals surface area contributed by atoms with E-state index in [-0.39, 0.29) is 17.0 Å². The first-order valence-corrected chi connectivity index (χ1v) is 12.9. The lowest BCUT2D eigenvalue weighted by atomic mass is 9.68. The second kappa shape index (κ2) is 13.0. The predicted molar refractivity (Wildman–Crippen MR) is 138 cm³/mol. The van der Waals surface area contributed by atoms with E-state index in [0.717, 1.165) is 12.8 Å². The van der Waals surface area contributed by atoms with Gasteiger partial charge in [0.25, 0.3) is 5.17 Å². The van der Waals surface area contributed by atoms with E-state index in [4.69, 9.17) is 26.4 Å². The number of alkyl carbamates (subject to hydrolysis) is 1. The fraction of sp³-hybridized carbons (Fsp3) is 0.720. The Balaban J connectivity index is 2.56. The summed E-state index contributed by atoms with van der Waals surface area (Å²) in [5.41, 5.74) is -0.686. The maximum absolute atomic E-state index is 12.9. The lowest BCUT2D eigenvalue weighted by molar-refractivity contribution is -0.154. The van der Waals surface area contributed by atoms with Gasteiger partial charge in [-0.2, -0.15) is 0 Å². The van der Waals surface area contributed by atoms with Crippen LogP contribution in [0.3, 0.4) is 0 Å². The third-order valence-electron chi connectivity index (χ3n) is 6.53. The van der Waals surface area contributed by atoms with Gasteiger partial charge < -0.3 is 24.8 Å². The molecule has 0 bridgehead atoms. The SMILES string of the molecule is CCC(CC)[C@H](NC(C)=O)[C@@H]1[C@H](OC(=S)n2ccnc2)[C@@H](C(=O)OC)CC[C@H]1NC(=O)OC(C)(C)C. The number of carbonyl (C=O) groups excluding carboxylic acids is 3. The minimum Gasteiger partial charge on any atom is -0.469 e. The second-order valence-electron chi connectivity index (χ2n) is 10.2. The molecule has 1 aliphatic carbocycles. The molecular formula is C25H40N4O6S. The summed E-state index contributed by atoms with van der Waals surface area (Å²) in [5.74, 6) is -1.72. The summed E-state index contributed by atoms with van der Waals surface area (Å²) in [5, 5.41) is 6.20. The van der Waals surface area contributed by atoms with Crippen molar-refractivity contribution >= 4 is 35.4 Å². The third-order valence-corrected chi connectivity index (χ3v) is 6.84. The molecule has 0 aliphatic heterocycles. The van der Waals surface area contributed by atoms with Crippen molar-refractivity contribution in [2.45, 2.75) is 91.0 Å². The molecule has 10 nitrogen and oxygen atoms in total. The van der Waals surface area contributed by atoms with Crippen LogP contribution in [-0.4, -0.2) is 63.6 Å². The summed E-state index contributed by atoms with van der Waals surface area (Å²) in [6, 6.07) is -0.853. The van der Waals surface area contributed by atoms with Crippen molar-refractivity contribution in [1.82, 2.24) is 20.2 Å². The normalized spacial score (nSPS) is 22.9. The summed E-state index contributed by atoms with van der Waals surface area (Å²) in [6.45, 7) is 10.9. The van der Waals surface area contributed by atoms with Crippen LogP contribution in [-0.2, 0) is 23.8 Å². The number of rotatable bonds is 8. The number of nitrogens with zero attached hydrogens (tertiary/aromatic N) is 2. The van der Waals surface area contributed by atoms with Gasteiger partial charge in [0.15, 0.2) is 0 Å². The monoisotopic (exact) mass is 524 g/mol. The molecule has 2 N–H and O–H groups in total. The highest BCUT2D eigenvalue weighted by molar-refractivity contribution is 7.80. The first-order valence-electron chi connectivity index (χ1n) is 12.4. The highest BCUT2D eigenvalue weighted by atomic mass is 32.1. The van der Waals surface area contributed by atoms with Crippen LogP contribution in [0.1, 0.15) is 67.2 Å². The largest absolute Gasteiger partial charge is 0.469 e. The molecule has 0 radical (unpaired) electrons. The van der Waals surface area contributed by atoms with Gasteiger partial charge in [0.1, 0.15) is 18.0 Å². The fourth-order valence-corrected chi connectivity index (χ4v) is 5.18. The van der Waals surface area contributed by atoms with Crippen molar-refractivity contribution in [3.8, 4) is 0 Å². The molecule has 1 saturated carbocycles. The highest BCUT2D eigenvalue weighted by Crippen LogP contribution is 2.39. The van der Waals surface area contributed by atoms with Crippen molar-refractivity contribution in [1.29, 1.82) is 0 Å². The predicted octanol–water partition coefficient (Wildman–Crippen LogP) is 3.43. The molecule has 0 aromatic carbocycles. The zero-order chi connectivity index (χ0) is 27.0. The van der Waals surface area contributed by atoms with Gasteiger partial charge in [0.05, 0.1) is 13.0 Å². The maximum atomic E-state index is 12.9. The van der Waals surface area contributed by atoms with Crippen LogP contribution in [0.5, 0.6) is 0 Å². The van der Waals surface area contributed by atoms with Crippen molar-refractivity contribution in [3.05, 3.63) is 18.7 Å². The summed E-state index contributed by atoms with van der Waals surface area (Å²) in [4.78, 5) is 42.1. The molecule has 1 aromatic heterocycles. The van der Waals surface area contributed by atoms with Gasteiger partial charge >= 0.3 is 12.1 Å². The molecule has 2 rings (SSSR count). The Kier molecular flexibility index (Phi) is 10.7. The van der Waals surface area contributed by atoms with Gasteiger partial charge in [-0.3, -0.25) is 14.2 Å². The molecule has 0 spiro atoms. The number of nitrogens with one attached hydrogen (secondary N) is 2. The Morgan fingerprint density at radius 3 is 2.36 bits per heavy atom. The Morgan fingerprint density at radius 1 is 1.19 bits per heavy atom. The minimum atomic E-state index is -0.779. The fourth-order valence-electron chi connectivity index (χ4n) is 4.96. The third kappa shape index (κ3) is 7.91. The molecule has 2 amide bonds. The number of thiocarbonyl (C=S) groups is 1. The van der Waals surface area contributed by atoms with Crippen LogP contribution < -0.4 is 10.6 Å². The number of ether oxygens (including phenoxy) is 3. The molecule has 1 fully saturated rings. The molecule has 36 heavy (non-hydrogen) atoms. The molecular weight excluding hydrogens is 484 g/mol. The van der Waals surface area contributed by atoms with E-state index in [2.05, 4.69) is 15.6 Å². The molecule has 5 atom stereocenters. The summed E-state index contributed by atoms with van der Waals surface area (Å²) in [7, 11) is 1.33. The van der Waals surface area contributed by atoms with E-state index in [1.54, 1.807) is 33.2 Å². The molecule has 0 saturated heterocycles. The second-order valence-corrected chi connectivity index (χ2v) is 10.5. The van der Waals surface area contributed by atoms with Gasteiger partial charge in [-0.05, 0) is 51.7 Å². The summed E-state index contributed by atoms with van der Waals surface area (Å²) >= 11 is 5.53. The van der Waals surface area contributed by atoms with Crippen LogP contribution in [0.25, 0.3) is 0 Å². The Hall–Kier alpha value is -2.69. The zero-order valence-electron chi connectivity index (χ0n) is 22.3. The van der Waals surface area contributed by atoms with Gasteiger partial charge in [0, 0.05) is 37.3 Å². The van der Waals surface area contributed by atoms with Gasteiger partial charge in [0.2, 0.25) is 5.91 Å². The van der Waals surface area contributed by atoms with Crippen molar-refractivity contribution in [3.63, 3.8) is 0 Å². The van der Waals surface area contributed by atoms with Crippen LogP contribution in [0, 0.1) is 17.8 Å². The van der Waals surface area contributed by atoms with E-state index < -0.39 is 47.7 Å². The lowest BCUT2D eigenvalue weighted by Gasteiger charge is -2.47. The molecule has 11 heteroatoms. The first-order chi connectivity index (χ1) is 16.9. The topological polar surface area (TPSA) is 121 Å². The number of hydrogen-bond donors (Lipinski definition) is 2. The number of imidazole rings is 1. The van der Waals surface area contributed by atoms with E-state index in [0.29, 0.717) is 12.8 Å². The zero-order valence-corrected chi connectivity index (χ0v) is 23.1. The standard InChI is InChI=1S/C25H40N4O6S/c1-8-16(9-2)20(27-15(3)30)19-18(28-23(32)35-25(4,5)6)11-10-17(22(31)33-7)21(19)34-24(36)29-13-12-26-14-29/h12-14,16-21H,8-11H2,1-7H3,(H,27,30)(H,28,32)/t17-,18+,19+,20-,21+/m0/s1. The Bertz CT molecular complexity index is 897. The van der Waals surface area contributed by atoms with Gasteiger partial charge in [-0.15, -0.1) is 0 Å². The van der Waals surface area contributed by atoms with Crippen LogP contribution in [0.2, 0.25) is 0 Å². The Morgan fingerprint density at radius 2 is 1.86 bits per heavy atom. The minimum absolute atomic E-state index is 0.0612. The summed E-state index contributed by atoms with van der Waals surface area (Å²) < 4.78 is 18.5. The van der Waals surface area contributed by atoms with Crippen LogP contribution in [0.15, 0.2) is 18.7 Å². The molecule has 1 aliphatic rings. The average Bonchev–Trinajstić information content (AvgIpc) is 3.32. The number of esters is 1. The quantitative estimate of drug-likeness (QED) is 0.392. The van der Waals surface area contributed by atoms with Gasteiger partial charge in [-0.1, -0.05) is 26.7 Å². The number of carbonyl (C=O) groups is 3.